The molecule has 0 spiro atoms. The molecule has 1 fully saturated rings. The summed E-state index contributed by atoms with van der Waals surface area (Å²) in [6.07, 6.45) is 2.66. The van der Waals surface area contributed by atoms with Gasteiger partial charge < -0.3 is 5.11 Å². The quantitative estimate of drug-likeness (QED) is 0.862. The van der Waals surface area contributed by atoms with Crippen LogP contribution in [0, 0.1) is 19.8 Å². The van der Waals surface area contributed by atoms with E-state index in [1.165, 1.54) is 6.92 Å². The number of hydrogen-bond acceptors (Lipinski definition) is 3. The number of aliphatic hydroxyl groups is 1. The van der Waals surface area contributed by atoms with Crippen molar-refractivity contribution in [2.45, 2.75) is 52.1 Å². The molecule has 0 saturated heterocycles. The molecule has 20 heavy (non-hydrogen) atoms. The summed E-state index contributed by atoms with van der Waals surface area (Å²) in [6.45, 7) is 5.39. The number of benzene rings is 1. The summed E-state index contributed by atoms with van der Waals surface area (Å²) < 4.78 is 0. The minimum Gasteiger partial charge on any atom is -0.381 e. The fourth-order valence-corrected chi connectivity index (χ4v) is 3.10. The first kappa shape index (κ1) is 14.9. The Hall–Kier alpha value is -1.48. The highest BCUT2D eigenvalue weighted by atomic mass is 16.3. The minimum absolute atomic E-state index is 0.0932. The third-order valence-electron chi connectivity index (χ3n) is 4.53. The second kappa shape index (κ2) is 5.49. The van der Waals surface area contributed by atoms with Crippen LogP contribution in [0.3, 0.4) is 0 Å². The Morgan fingerprint density at radius 2 is 1.90 bits per heavy atom. The highest BCUT2D eigenvalue weighted by Crippen LogP contribution is 2.37. The number of rotatable bonds is 3. The lowest BCUT2D eigenvalue weighted by molar-refractivity contribution is -0.130. The number of aryl methyl sites for hydroxylation is 2. The van der Waals surface area contributed by atoms with Gasteiger partial charge in [0.05, 0.1) is 5.92 Å². The molecule has 0 aliphatic heterocycles. The van der Waals surface area contributed by atoms with Gasteiger partial charge in [0.25, 0.3) is 0 Å². The first-order chi connectivity index (χ1) is 9.36. The van der Waals surface area contributed by atoms with Crippen LogP contribution in [-0.2, 0) is 4.79 Å². The van der Waals surface area contributed by atoms with Crippen LogP contribution in [0.5, 0.6) is 0 Å². The number of hydrogen-bond donors (Lipinski definition) is 1. The Kier molecular flexibility index (Phi) is 4.09. The Balaban J connectivity index is 2.38. The van der Waals surface area contributed by atoms with Gasteiger partial charge in [0, 0.05) is 5.56 Å². The van der Waals surface area contributed by atoms with Crippen LogP contribution < -0.4 is 0 Å². The van der Waals surface area contributed by atoms with E-state index >= 15 is 0 Å². The van der Waals surface area contributed by atoms with Crippen molar-refractivity contribution in [2.24, 2.45) is 5.92 Å². The van der Waals surface area contributed by atoms with Crippen molar-refractivity contribution < 1.29 is 14.7 Å². The molecule has 2 rings (SSSR count). The van der Waals surface area contributed by atoms with Gasteiger partial charge in [-0.1, -0.05) is 25.0 Å². The van der Waals surface area contributed by atoms with Crippen molar-refractivity contribution in [1.82, 2.24) is 0 Å². The van der Waals surface area contributed by atoms with Gasteiger partial charge in [0.2, 0.25) is 0 Å². The minimum atomic E-state index is -1.52. The van der Waals surface area contributed by atoms with Gasteiger partial charge in [-0.2, -0.15) is 0 Å². The molecule has 1 aliphatic carbocycles. The second-order valence-corrected chi connectivity index (χ2v) is 5.96. The van der Waals surface area contributed by atoms with E-state index in [-0.39, 0.29) is 11.6 Å². The number of ketones is 2. The monoisotopic (exact) mass is 274 g/mol. The standard InChI is InChI=1S/C17H22O3/c1-11-7-8-14(10-12(11)2)16(19)17(20)9-5-4-6-15(17)13(3)18/h7-8,10,15,20H,4-6,9H2,1-3H3. The van der Waals surface area contributed by atoms with E-state index in [2.05, 4.69) is 0 Å². The zero-order valence-electron chi connectivity index (χ0n) is 12.4. The largest absolute Gasteiger partial charge is 0.381 e. The molecule has 1 aliphatic rings. The van der Waals surface area contributed by atoms with Crippen LogP contribution >= 0.6 is 0 Å². The zero-order valence-corrected chi connectivity index (χ0v) is 12.4. The van der Waals surface area contributed by atoms with E-state index in [1.54, 1.807) is 12.1 Å². The molecule has 3 heteroatoms. The first-order valence-electron chi connectivity index (χ1n) is 7.21. The Labute approximate surface area is 120 Å². The molecule has 1 aromatic carbocycles. The first-order valence-corrected chi connectivity index (χ1v) is 7.21. The molecule has 0 aromatic heterocycles. The van der Waals surface area contributed by atoms with Crippen molar-refractivity contribution in [3.05, 3.63) is 34.9 Å². The molecule has 2 atom stereocenters. The average Bonchev–Trinajstić information content (AvgIpc) is 2.41. The van der Waals surface area contributed by atoms with Crippen molar-refractivity contribution in [3.8, 4) is 0 Å². The van der Waals surface area contributed by atoms with E-state index in [0.717, 1.165) is 24.0 Å². The van der Waals surface area contributed by atoms with Gasteiger partial charge in [-0.25, -0.2) is 0 Å². The van der Waals surface area contributed by atoms with E-state index < -0.39 is 11.5 Å². The van der Waals surface area contributed by atoms with E-state index in [9.17, 15) is 14.7 Å². The van der Waals surface area contributed by atoms with Gasteiger partial charge in [-0.15, -0.1) is 0 Å². The van der Waals surface area contributed by atoms with Crippen molar-refractivity contribution >= 4 is 11.6 Å². The second-order valence-electron chi connectivity index (χ2n) is 5.96. The summed E-state index contributed by atoms with van der Waals surface area (Å²) in [5, 5.41) is 10.8. The van der Waals surface area contributed by atoms with Crippen molar-refractivity contribution in [2.75, 3.05) is 0 Å². The number of carbonyl (C=O) groups is 2. The lowest BCUT2D eigenvalue weighted by Crippen LogP contribution is -2.50. The van der Waals surface area contributed by atoms with E-state index in [4.69, 9.17) is 0 Å². The number of Topliss-reactive ketones (excluding diaryl/α,β-unsaturated/α-hetero) is 2. The van der Waals surface area contributed by atoms with E-state index in [0.29, 0.717) is 18.4 Å². The summed E-state index contributed by atoms with van der Waals surface area (Å²) in [7, 11) is 0. The van der Waals surface area contributed by atoms with Crippen molar-refractivity contribution in [1.29, 1.82) is 0 Å². The third-order valence-corrected chi connectivity index (χ3v) is 4.53. The lowest BCUT2D eigenvalue weighted by Gasteiger charge is -2.37. The summed E-state index contributed by atoms with van der Waals surface area (Å²) in [4.78, 5) is 24.5. The third kappa shape index (κ3) is 2.55. The maximum absolute atomic E-state index is 12.7. The summed E-state index contributed by atoms with van der Waals surface area (Å²) >= 11 is 0. The van der Waals surface area contributed by atoms with Gasteiger partial charge in [-0.3, -0.25) is 9.59 Å². The predicted octanol–water partition coefficient (Wildman–Crippen LogP) is 3.00. The van der Waals surface area contributed by atoms with Crippen LogP contribution in [0.25, 0.3) is 0 Å². The van der Waals surface area contributed by atoms with Gasteiger partial charge in [-0.05, 0) is 50.8 Å². The Morgan fingerprint density at radius 3 is 2.50 bits per heavy atom. The maximum atomic E-state index is 12.7. The smallest absolute Gasteiger partial charge is 0.195 e. The summed E-state index contributed by atoms with van der Waals surface area (Å²) in [6, 6.07) is 5.44. The maximum Gasteiger partial charge on any atom is 0.195 e. The summed E-state index contributed by atoms with van der Waals surface area (Å²) in [5.41, 5.74) is 1.12. The molecule has 0 radical (unpaired) electrons. The molecule has 2 unspecified atom stereocenters. The molecular weight excluding hydrogens is 252 g/mol. The van der Waals surface area contributed by atoms with Crippen LogP contribution in [0.15, 0.2) is 18.2 Å². The molecule has 0 heterocycles. The molecule has 0 bridgehead atoms. The molecule has 3 nitrogen and oxygen atoms in total. The zero-order chi connectivity index (χ0) is 14.9. The fraction of sp³-hybridized carbons (Fsp3) is 0.529. The Morgan fingerprint density at radius 1 is 1.20 bits per heavy atom. The molecule has 0 amide bonds. The highest BCUT2D eigenvalue weighted by molar-refractivity contribution is 6.05. The fourth-order valence-electron chi connectivity index (χ4n) is 3.10. The molecular formula is C17H22O3. The highest BCUT2D eigenvalue weighted by Gasteiger charge is 2.47. The predicted molar refractivity (Wildman–Crippen MR) is 77.8 cm³/mol. The number of carbonyl (C=O) groups excluding carboxylic acids is 2. The SMILES string of the molecule is CC(=O)C1CCCCC1(O)C(=O)c1ccc(C)c(C)c1. The van der Waals surface area contributed by atoms with Crippen LogP contribution in [0.4, 0.5) is 0 Å². The van der Waals surface area contributed by atoms with Crippen LogP contribution in [0.1, 0.15) is 54.1 Å². The van der Waals surface area contributed by atoms with Crippen molar-refractivity contribution in [3.63, 3.8) is 0 Å². The average molecular weight is 274 g/mol. The van der Waals surface area contributed by atoms with Crippen LogP contribution in [0.2, 0.25) is 0 Å². The Bertz CT molecular complexity index is 547. The van der Waals surface area contributed by atoms with Gasteiger partial charge in [0.1, 0.15) is 11.4 Å². The normalized spacial score (nSPS) is 26.3. The van der Waals surface area contributed by atoms with E-state index in [1.807, 2.05) is 19.9 Å². The molecule has 1 N–H and O–H groups in total. The topological polar surface area (TPSA) is 54.4 Å². The lowest BCUT2D eigenvalue weighted by atomic mass is 9.70. The molecule has 108 valence electrons. The van der Waals surface area contributed by atoms with Gasteiger partial charge >= 0.3 is 0 Å². The van der Waals surface area contributed by atoms with Gasteiger partial charge in [0.15, 0.2) is 5.78 Å². The molecule has 1 saturated carbocycles. The molecule has 1 aromatic rings. The van der Waals surface area contributed by atoms with Crippen LogP contribution in [-0.4, -0.2) is 22.3 Å². The summed E-state index contributed by atoms with van der Waals surface area (Å²) in [5.74, 6) is -0.963.